The van der Waals surface area contributed by atoms with Crippen LogP contribution in [0.5, 0.6) is 5.75 Å². The maximum Gasteiger partial charge on any atom is 0.262 e. The fourth-order valence-corrected chi connectivity index (χ4v) is 3.42. The Kier molecular flexibility index (Phi) is 6.04. The molecule has 1 aromatic rings. The fourth-order valence-electron chi connectivity index (χ4n) is 3.42. The molecule has 0 radical (unpaired) electrons. The number of hydrogen-bond acceptors (Lipinski definition) is 3. The third-order valence-corrected chi connectivity index (χ3v) is 4.80. The topological polar surface area (TPSA) is 41.6 Å². The summed E-state index contributed by atoms with van der Waals surface area (Å²) in [7, 11) is 1.64. The van der Waals surface area contributed by atoms with E-state index in [4.69, 9.17) is 4.74 Å². The van der Waals surface area contributed by atoms with Crippen LogP contribution in [0, 0.1) is 0 Å². The minimum absolute atomic E-state index is 0. The van der Waals surface area contributed by atoms with Crippen molar-refractivity contribution in [2.45, 2.75) is 37.1 Å². The highest BCUT2D eigenvalue weighted by molar-refractivity contribution is 5.85. The number of hydrogen-bond donors (Lipinski definition) is 1. The summed E-state index contributed by atoms with van der Waals surface area (Å²) < 4.78 is 31.6. The van der Waals surface area contributed by atoms with E-state index in [0.29, 0.717) is 19.0 Å². The molecular weight excluding hydrogens is 338 g/mol. The van der Waals surface area contributed by atoms with E-state index >= 15 is 0 Å². The second-order valence-corrected chi connectivity index (χ2v) is 6.37. The Labute approximate surface area is 147 Å². The molecule has 1 unspecified atom stereocenters. The van der Waals surface area contributed by atoms with Gasteiger partial charge in [-0.2, -0.15) is 0 Å². The SMILES string of the molecule is COc1ccc(C2CCN(C(=O)C3CC(F)(F)CN3)CC2)cc1.Cl. The maximum absolute atomic E-state index is 13.2. The first-order valence-corrected chi connectivity index (χ1v) is 8.02. The summed E-state index contributed by atoms with van der Waals surface area (Å²) in [5.74, 6) is -1.71. The average Bonchev–Trinajstić information content (AvgIpc) is 2.94. The molecule has 7 heteroatoms. The second kappa shape index (κ2) is 7.66. The molecule has 1 amide bonds. The van der Waals surface area contributed by atoms with Crippen molar-refractivity contribution < 1.29 is 18.3 Å². The first kappa shape index (κ1) is 18.9. The Morgan fingerprint density at radius 1 is 1.25 bits per heavy atom. The molecular formula is C17H23ClF2N2O2. The zero-order chi connectivity index (χ0) is 16.4. The molecule has 0 bridgehead atoms. The number of benzene rings is 1. The Bertz CT molecular complexity index is 560. The van der Waals surface area contributed by atoms with E-state index in [1.165, 1.54) is 5.56 Å². The van der Waals surface area contributed by atoms with Gasteiger partial charge in [-0.25, -0.2) is 8.78 Å². The highest BCUT2D eigenvalue weighted by Gasteiger charge is 2.43. The summed E-state index contributed by atoms with van der Waals surface area (Å²) in [6.07, 6.45) is 1.34. The third-order valence-electron chi connectivity index (χ3n) is 4.80. The minimum atomic E-state index is -2.76. The van der Waals surface area contributed by atoms with Crippen LogP contribution in [0.15, 0.2) is 24.3 Å². The molecule has 2 saturated heterocycles. The van der Waals surface area contributed by atoms with Gasteiger partial charge in [0.1, 0.15) is 5.75 Å². The van der Waals surface area contributed by atoms with E-state index in [1.807, 2.05) is 12.1 Å². The number of nitrogens with zero attached hydrogens (tertiary/aromatic N) is 1. The van der Waals surface area contributed by atoms with E-state index in [9.17, 15) is 13.6 Å². The van der Waals surface area contributed by atoms with Crippen LogP contribution in [0.4, 0.5) is 8.78 Å². The number of carbonyl (C=O) groups is 1. The van der Waals surface area contributed by atoms with Crippen LogP contribution in [0.1, 0.15) is 30.7 Å². The van der Waals surface area contributed by atoms with Gasteiger partial charge in [-0.3, -0.25) is 10.1 Å². The van der Waals surface area contributed by atoms with Gasteiger partial charge in [0.15, 0.2) is 0 Å². The normalized spacial score (nSPS) is 23.6. The van der Waals surface area contributed by atoms with Gasteiger partial charge in [0, 0.05) is 19.5 Å². The van der Waals surface area contributed by atoms with Gasteiger partial charge in [-0.05, 0) is 36.5 Å². The molecule has 2 aliphatic rings. The Morgan fingerprint density at radius 2 is 1.88 bits per heavy atom. The van der Waals surface area contributed by atoms with Gasteiger partial charge < -0.3 is 9.64 Å². The first-order valence-electron chi connectivity index (χ1n) is 8.02. The van der Waals surface area contributed by atoms with Crippen molar-refractivity contribution in [3.05, 3.63) is 29.8 Å². The minimum Gasteiger partial charge on any atom is -0.497 e. The average molecular weight is 361 g/mol. The summed E-state index contributed by atoms with van der Waals surface area (Å²) in [5, 5.41) is 2.64. The molecule has 0 spiro atoms. The quantitative estimate of drug-likeness (QED) is 0.901. The molecule has 24 heavy (non-hydrogen) atoms. The number of halogens is 3. The molecule has 0 aromatic heterocycles. The summed E-state index contributed by atoms with van der Waals surface area (Å²) >= 11 is 0. The number of rotatable bonds is 3. The Balaban J connectivity index is 0.00000208. The number of amides is 1. The predicted octanol–water partition coefficient (Wildman–Crippen LogP) is 2.82. The highest BCUT2D eigenvalue weighted by atomic mass is 35.5. The van der Waals surface area contributed by atoms with Crippen molar-refractivity contribution in [1.82, 2.24) is 10.2 Å². The molecule has 2 heterocycles. The molecule has 2 fully saturated rings. The zero-order valence-corrected chi connectivity index (χ0v) is 14.5. The van der Waals surface area contributed by atoms with Gasteiger partial charge >= 0.3 is 0 Å². The standard InChI is InChI=1S/C17H22F2N2O2.ClH/c1-23-14-4-2-12(3-5-14)13-6-8-21(9-7-13)16(22)15-10-17(18,19)11-20-15;/h2-5,13,15,20H,6-11H2,1H3;1H. The lowest BCUT2D eigenvalue weighted by molar-refractivity contribution is -0.134. The van der Waals surface area contributed by atoms with Gasteiger partial charge in [0.05, 0.1) is 19.7 Å². The lowest BCUT2D eigenvalue weighted by Gasteiger charge is -2.33. The third kappa shape index (κ3) is 4.16. The zero-order valence-electron chi connectivity index (χ0n) is 13.6. The maximum atomic E-state index is 13.2. The summed E-state index contributed by atoms with van der Waals surface area (Å²) in [5.41, 5.74) is 1.24. The molecule has 2 aliphatic heterocycles. The van der Waals surface area contributed by atoms with E-state index in [-0.39, 0.29) is 24.7 Å². The van der Waals surface area contributed by atoms with Crippen LogP contribution in [0.2, 0.25) is 0 Å². The van der Waals surface area contributed by atoms with E-state index in [1.54, 1.807) is 12.0 Å². The number of methoxy groups -OCH3 is 1. The lowest BCUT2D eigenvalue weighted by Crippen LogP contribution is -2.46. The second-order valence-electron chi connectivity index (χ2n) is 6.37. The number of ether oxygens (including phenoxy) is 1. The molecule has 4 nitrogen and oxygen atoms in total. The summed E-state index contributed by atoms with van der Waals surface area (Å²) in [4.78, 5) is 14.0. The molecule has 0 saturated carbocycles. The van der Waals surface area contributed by atoms with Crippen molar-refractivity contribution in [2.75, 3.05) is 26.7 Å². The molecule has 1 N–H and O–H groups in total. The molecule has 1 atom stereocenters. The van der Waals surface area contributed by atoms with E-state index < -0.39 is 18.5 Å². The van der Waals surface area contributed by atoms with Crippen molar-refractivity contribution in [3.8, 4) is 5.75 Å². The largest absolute Gasteiger partial charge is 0.497 e. The van der Waals surface area contributed by atoms with Crippen LogP contribution < -0.4 is 10.1 Å². The van der Waals surface area contributed by atoms with Crippen LogP contribution in [-0.2, 0) is 4.79 Å². The fraction of sp³-hybridized carbons (Fsp3) is 0.588. The number of carbonyl (C=O) groups excluding carboxylic acids is 1. The smallest absolute Gasteiger partial charge is 0.262 e. The number of alkyl halides is 2. The van der Waals surface area contributed by atoms with Crippen LogP contribution >= 0.6 is 12.4 Å². The van der Waals surface area contributed by atoms with Gasteiger partial charge in [-0.1, -0.05) is 12.1 Å². The van der Waals surface area contributed by atoms with Crippen LogP contribution in [-0.4, -0.2) is 49.5 Å². The monoisotopic (exact) mass is 360 g/mol. The lowest BCUT2D eigenvalue weighted by atomic mass is 9.89. The van der Waals surface area contributed by atoms with E-state index in [2.05, 4.69) is 17.4 Å². The van der Waals surface area contributed by atoms with Crippen LogP contribution in [0.3, 0.4) is 0 Å². The van der Waals surface area contributed by atoms with Crippen molar-refractivity contribution in [2.24, 2.45) is 0 Å². The van der Waals surface area contributed by atoms with Gasteiger partial charge in [-0.15, -0.1) is 12.4 Å². The Morgan fingerprint density at radius 3 is 2.38 bits per heavy atom. The first-order chi connectivity index (χ1) is 11.0. The predicted molar refractivity (Wildman–Crippen MR) is 90.2 cm³/mol. The van der Waals surface area contributed by atoms with Crippen molar-refractivity contribution in [1.29, 1.82) is 0 Å². The Hall–Kier alpha value is -1.40. The van der Waals surface area contributed by atoms with Crippen LogP contribution in [0.25, 0.3) is 0 Å². The molecule has 134 valence electrons. The summed E-state index contributed by atoms with van der Waals surface area (Å²) in [6.45, 7) is 0.851. The van der Waals surface area contributed by atoms with E-state index in [0.717, 1.165) is 18.6 Å². The highest BCUT2D eigenvalue weighted by Crippen LogP contribution is 2.31. The molecule has 1 aromatic carbocycles. The molecule has 0 aliphatic carbocycles. The molecule has 3 rings (SSSR count). The van der Waals surface area contributed by atoms with Crippen molar-refractivity contribution >= 4 is 18.3 Å². The van der Waals surface area contributed by atoms with Crippen molar-refractivity contribution in [3.63, 3.8) is 0 Å². The van der Waals surface area contributed by atoms with Gasteiger partial charge in [0.25, 0.3) is 5.92 Å². The number of piperidine rings is 1. The number of nitrogens with one attached hydrogen (secondary N) is 1. The number of likely N-dealkylation sites (tertiary alicyclic amines) is 1. The van der Waals surface area contributed by atoms with Gasteiger partial charge in [0.2, 0.25) is 5.91 Å². The summed E-state index contributed by atoms with van der Waals surface area (Å²) in [6, 6.07) is 7.26.